The summed E-state index contributed by atoms with van der Waals surface area (Å²) < 4.78 is 5.26. The molecular formula is C26H26ClN5O. The van der Waals surface area contributed by atoms with E-state index in [4.69, 9.17) is 26.3 Å². The first-order valence-electron chi connectivity index (χ1n) is 11.1. The summed E-state index contributed by atoms with van der Waals surface area (Å²) in [7, 11) is 1.68. The van der Waals surface area contributed by atoms with Crippen molar-refractivity contribution in [1.82, 2.24) is 9.97 Å². The Kier molecular flexibility index (Phi) is 6.17. The molecule has 7 heteroatoms. The molecule has 0 spiro atoms. The number of aromatic nitrogens is 2. The smallest absolute Gasteiger partial charge is 0.228 e. The topological polar surface area (TPSA) is 53.5 Å². The zero-order valence-corrected chi connectivity index (χ0v) is 19.3. The van der Waals surface area contributed by atoms with E-state index in [0.717, 1.165) is 70.9 Å². The Labute approximate surface area is 198 Å². The maximum Gasteiger partial charge on any atom is 0.228 e. The summed E-state index contributed by atoms with van der Waals surface area (Å²) in [5.41, 5.74) is 3.18. The van der Waals surface area contributed by atoms with E-state index >= 15 is 0 Å². The van der Waals surface area contributed by atoms with Gasteiger partial charge < -0.3 is 19.9 Å². The van der Waals surface area contributed by atoms with Crippen LogP contribution in [0.5, 0.6) is 5.75 Å². The minimum Gasteiger partial charge on any atom is -0.497 e. The van der Waals surface area contributed by atoms with Crippen LogP contribution in [0.2, 0.25) is 5.02 Å². The summed E-state index contributed by atoms with van der Waals surface area (Å²) in [4.78, 5) is 14.4. The number of para-hydroxylation sites is 2. The van der Waals surface area contributed by atoms with Gasteiger partial charge in [-0.1, -0.05) is 48.0 Å². The Morgan fingerprint density at radius 2 is 1.55 bits per heavy atom. The van der Waals surface area contributed by atoms with E-state index in [1.165, 1.54) is 0 Å². The Morgan fingerprint density at radius 3 is 2.30 bits per heavy atom. The number of halogens is 1. The number of benzene rings is 3. The Balaban J connectivity index is 1.35. The monoisotopic (exact) mass is 459 g/mol. The van der Waals surface area contributed by atoms with E-state index in [9.17, 15) is 0 Å². The standard InChI is InChI=1S/C26H26ClN5O/c1-33-20-12-10-19(11-13-20)18-28-25-21-6-2-4-8-23(21)29-26(30-25)32-16-14-31(15-17-32)24-9-5-3-7-22(24)27/h2-13H,14-18H2,1H3,(H,28,29,30). The zero-order valence-electron chi connectivity index (χ0n) is 18.5. The number of hydrogen-bond donors (Lipinski definition) is 1. The minimum absolute atomic E-state index is 0.671. The molecule has 2 heterocycles. The molecule has 1 aliphatic heterocycles. The predicted octanol–water partition coefficient (Wildman–Crippen LogP) is 5.23. The molecule has 3 aromatic carbocycles. The summed E-state index contributed by atoms with van der Waals surface area (Å²) >= 11 is 6.40. The summed E-state index contributed by atoms with van der Waals surface area (Å²) in [6.07, 6.45) is 0. The summed E-state index contributed by atoms with van der Waals surface area (Å²) in [5, 5.41) is 5.32. The van der Waals surface area contributed by atoms with Crippen LogP contribution in [-0.4, -0.2) is 43.3 Å². The van der Waals surface area contributed by atoms with Gasteiger partial charge in [-0.25, -0.2) is 4.98 Å². The number of rotatable bonds is 6. The number of nitrogens with zero attached hydrogens (tertiary/aromatic N) is 4. The van der Waals surface area contributed by atoms with E-state index in [1.807, 2.05) is 48.5 Å². The van der Waals surface area contributed by atoms with Crippen LogP contribution in [-0.2, 0) is 6.54 Å². The van der Waals surface area contributed by atoms with Crippen LogP contribution in [0.1, 0.15) is 5.56 Å². The second-order valence-corrected chi connectivity index (χ2v) is 8.42. The number of anilines is 3. The van der Waals surface area contributed by atoms with Gasteiger partial charge in [0.1, 0.15) is 11.6 Å². The lowest BCUT2D eigenvalue weighted by Gasteiger charge is -2.36. The van der Waals surface area contributed by atoms with E-state index in [-0.39, 0.29) is 0 Å². The molecule has 33 heavy (non-hydrogen) atoms. The lowest BCUT2D eigenvalue weighted by Crippen LogP contribution is -2.47. The third kappa shape index (κ3) is 4.66. The third-order valence-electron chi connectivity index (χ3n) is 5.97. The van der Waals surface area contributed by atoms with Gasteiger partial charge >= 0.3 is 0 Å². The highest BCUT2D eigenvalue weighted by atomic mass is 35.5. The number of methoxy groups -OCH3 is 1. The Hall–Kier alpha value is -3.51. The average molecular weight is 460 g/mol. The second kappa shape index (κ2) is 9.55. The molecule has 0 unspecified atom stereocenters. The van der Waals surface area contributed by atoms with E-state index in [0.29, 0.717) is 6.54 Å². The van der Waals surface area contributed by atoms with Gasteiger partial charge in [-0.15, -0.1) is 0 Å². The molecule has 1 N–H and O–H groups in total. The highest BCUT2D eigenvalue weighted by Crippen LogP contribution is 2.28. The zero-order chi connectivity index (χ0) is 22.6. The van der Waals surface area contributed by atoms with Gasteiger partial charge in [-0.05, 0) is 42.0 Å². The molecule has 1 aliphatic rings. The second-order valence-electron chi connectivity index (χ2n) is 8.02. The van der Waals surface area contributed by atoms with Crippen LogP contribution in [0.25, 0.3) is 10.9 Å². The normalized spacial score (nSPS) is 13.9. The molecule has 5 rings (SSSR count). The fraction of sp³-hybridized carbons (Fsp3) is 0.231. The van der Waals surface area contributed by atoms with Crippen molar-refractivity contribution >= 4 is 40.0 Å². The van der Waals surface area contributed by atoms with Crippen molar-refractivity contribution in [2.75, 3.05) is 48.4 Å². The first-order valence-corrected chi connectivity index (χ1v) is 11.5. The number of ether oxygens (including phenoxy) is 1. The largest absolute Gasteiger partial charge is 0.497 e. The van der Waals surface area contributed by atoms with Crippen molar-refractivity contribution in [3.8, 4) is 5.75 Å². The fourth-order valence-corrected chi connectivity index (χ4v) is 4.38. The number of fused-ring (bicyclic) bond motifs is 1. The summed E-state index contributed by atoms with van der Waals surface area (Å²) in [5.74, 6) is 2.45. The van der Waals surface area contributed by atoms with Crippen molar-refractivity contribution in [2.45, 2.75) is 6.54 Å². The molecule has 0 saturated carbocycles. The van der Waals surface area contributed by atoms with Gasteiger partial charge in [0.25, 0.3) is 0 Å². The lowest BCUT2D eigenvalue weighted by atomic mass is 10.2. The van der Waals surface area contributed by atoms with E-state index < -0.39 is 0 Å². The molecule has 0 radical (unpaired) electrons. The first-order chi connectivity index (χ1) is 16.2. The number of hydrogen-bond acceptors (Lipinski definition) is 6. The van der Waals surface area contributed by atoms with Crippen molar-refractivity contribution in [1.29, 1.82) is 0 Å². The highest BCUT2D eigenvalue weighted by Gasteiger charge is 2.21. The van der Waals surface area contributed by atoms with Gasteiger partial charge in [-0.2, -0.15) is 4.98 Å². The molecular weight excluding hydrogens is 434 g/mol. The van der Waals surface area contributed by atoms with Crippen molar-refractivity contribution in [2.24, 2.45) is 0 Å². The van der Waals surface area contributed by atoms with Gasteiger partial charge in [-0.3, -0.25) is 0 Å². The number of nitrogens with one attached hydrogen (secondary N) is 1. The van der Waals surface area contributed by atoms with Crippen LogP contribution in [0, 0.1) is 0 Å². The maximum atomic E-state index is 6.40. The molecule has 168 valence electrons. The Morgan fingerprint density at radius 1 is 0.848 bits per heavy atom. The fourth-order valence-electron chi connectivity index (χ4n) is 4.13. The van der Waals surface area contributed by atoms with Crippen LogP contribution in [0.4, 0.5) is 17.5 Å². The molecule has 0 amide bonds. The van der Waals surface area contributed by atoms with Gasteiger partial charge in [0, 0.05) is 38.1 Å². The summed E-state index contributed by atoms with van der Waals surface area (Å²) in [6.45, 7) is 4.08. The average Bonchev–Trinajstić information content (AvgIpc) is 2.88. The third-order valence-corrected chi connectivity index (χ3v) is 6.29. The molecule has 1 saturated heterocycles. The van der Waals surface area contributed by atoms with Crippen molar-refractivity contribution < 1.29 is 4.74 Å². The maximum absolute atomic E-state index is 6.40. The quantitative estimate of drug-likeness (QED) is 0.426. The van der Waals surface area contributed by atoms with Crippen LogP contribution >= 0.6 is 11.6 Å². The van der Waals surface area contributed by atoms with Gasteiger partial charge in [0.15, 0.2) is 0 Å². The van der Waals surface area contributed by atoms with Crippen LogP contribution in [0.3, 0.4) is 0 Å². The molecule has 6 nitrogen and oxygen atoms in total. The van der Waals surface area contributed by atoms with Gasteiger partial charge in [0.05, 0.1) is 23.3 Å². The van der Waals surface area contributed by atoms with E-state index in [1.54, 1.807) is 7.11 Å². The van der Waals surface area contributed by atoms with Crippen LogP contribution in [0.15, 0.2) is 72.8 Å². The van der Waals surface area contributed by atoms with E-state index in [2.05, 4.69) is 39.4 Å². The molecule has 1 fully saturated rings. The Bertz CT molecular complexity index is 1240. The SMILES string of the molecule is COc1ccc(CNc2nc(N3CCN(c4ccccc4Cl)CC3)nc3ccccc23)cc1. The van der Waals surface area contributed by atoms with Crippen molar-refractivity contribution in [3.63, 3.8) is 0 Å². The van der Waals surface area contributed by atoms with Crippen LogP contribution < -0.4 is 19.9 Å². The first kappa shape index (κ1) is 21.3. The van der Waals surface area contributed by atoms with Crippen molar-refractivity contribution in [3.05, 3.63) is 83.4 Å². The highest BCUT2D eigenvalue weighted by molar-refractivity contribution is 6.33. The number of piperazine rings is 1. The van der Waals surface area contributed by atoms with Gasteiger partial charge in [0.2, 0.25) is 5.95 Å². The summed E-state index contributed by atoms with van der Waals surface area (Å²) in [6, 6.07) is 24.2. The molecule has 0 bridgehead atoms. The molecule has 0 aliphatic carbocycles. The molecule has 0 atom stereocenters. The molecule has 1 aromatic heterocycles. The molecule has 4 aromatic rings. The predicted molar refractivity (Wildman–Crippen MR) is 136 cm³/mol. The minimum atomic E-state index is 0.671. The lowest BCUT2D eigenvalue weighted by molar-refractivity contribution is 0.414.